The van der Waals surface area contributed by atoms with Gasteiger partial charge < -0.3 is 0 Å². The second kappa shape index (κ2) is 10.1. The van der Waals surface area contributed by atoms with E-state index in [2.05, 4.69) is 129 Å². The molecule has 0 spiro atoms. The van der Waals surface area contributed by atoms with Gasteiger partial charge in [0.25, 0.3) is 0 Å². The molecule has 0 bridgehead atoms. The summed E-state index contributed by atoms with van der Waals surface area (Å²) < 4.78 is 0. The molecular weight excluding hydrogens is 364 g/mol. The second-order valence-corrected chi connectivity index (χ2v) is 8.49. The maximum absolute atomic E-state index is 4.02. The Labute approximate surface area is 182 Å². The maximum atomic E-state index is 4.02. The molecule has 0 aliphatic carbocycles. The van der Waals surface area contributed by atoms with Crippen molar-refractivity contribution in [1.29, 1.82) is 0 Å². The first-order valence-electron chi connectivity index (χ1n) is 11.3. The van der Waals surface area contributed by atoms with Crippen molar-refractivity contribution in [2.45, 2.75) is 46.1 Å². The van der Waals surface area contributed by atoms with Crippen molar-refractivity contribution >= 4 is 0 Å². The molecule has 0 aromatic heterocycles. The van der Waals surface area contributed by atoms with Crippen LogP contribution in [-0.2, 0) is 5.54 Å². The molecule has 0 amide bonds. The number of rotatable bonds is 10. The van der Waals surface area contributed by atoms with Crippen molar-refractivity contribution in [2.24, 2.45) is 5.41 Å². The Balaban J connectivity index is 2.18. The fourth-order valence-corrected chi connectivity index (χ4v) is 4.16. The number of hydrogen-bond donors (Lipinski definition) is 1. The molecule has 0 aliphatic heterocycles. The summed E-state index contributed by atoms with van der Waals surface area (Å²) in [6.45, 7) is 11.2. The van der Waals surface area contributed by atoms with Gasteiger partial charge in [0.15, 0.2) is 0 Å². The highest BCUT2D eigenvalue weighted by atomic mass is 15.5. The Bertz CT molecular complexity index is 774. The largest absolute Gasteiger partial charge is 0.243 e. The lowest BCUT2D eigenvalue weighted by Gasteiger charge is -2.43. The first kappa shape index (κ1) is 22.3. The summed E-state index contributed by atoms with van der Waals surface area (Å²) in [5, 5.41) is 2.42. The zero-order chi connectivity index (χ0) is 21.5. The number of hydrogen-bond acceptors (Lipinski definition) is 2. The van der Waals surface area contributed by atoms with Gasteiger partial charge in [-0.15, -0.1) is 0 Å². The lowest BCUT2D eigenvalue weighted by atomic mass is 9.77. The van der Waals surface area contributed by atoms with E-state index in [1.54, 1.807) is 0 Å². The molecule has 3 aromatic rings. The van der Waals surface area contributed by atoms with Crippen LogP contribution < -0.4 is 5.43 Å². The molecule has 3 rings (SSSR count). The van der Waals surface area contributed by atoms with E-state index in [0.717, 1.165) is 25.9 Å². The van der Waals surface area contributed by atoms with Crippen LogP contribution in [0.1, 0.15) is 57.2 Å². The van der Waals surface area contributed by atoms with Crippen molar-refractivity contribution in [3.63, 3.8) is 0 Å². The van der Waals surface area contributed by atoms with Gasteiger partial charge in [0.05, 0.1) is 0 Å². The third-order valence-electron chi connectivity index (χ3n) is 6.61. The smallest absolute Gasteiger partial charge is 0.107 e. The summed E-state index contributed by atoms with van der Waals surface area (Å²) in [7, 11) is 0. The van der Waals surface area contributed by atoms with Gasteiger partial charge in [0, 0.05) is 13.1 Å². The molecule has 0 saturated carbocycles. The minimum Gasteiger partial charge on any atom is -0.243 e. The molecule has 2 nitrogen and oxygen atoms in total. The molecule has 0 fully saturated rings. The summed E-state index contributed by atoms with van der Waals surface area (Å²) >= 11 is 0. The van der Waals surface area contributed by atoms with Crippen molar-refractivity contribution < 1.29 is 0 Å². The van der Waals surface area contributed by atoms with Gasteiger partial charge in [-0.25, -0.2) is 10.4 Å². The standard InChI is InChI=1S/C28H36N2/c1-5-27(4,6-2)23-30(7-3)29-28(24-17-11-8-12-18-24,25-19-13-9-14-20-25)26-21-15-10-16-22-26/h8-22,29H,5-7,23H2,1-4H3. The predicted octanol–water partition coefficient (Wildman–Crippen LogP) is 6.63. The van der Waals surface area contributed by atoms with E-state index >= 15 is 0 Å². The highest BCUT2D eigenvalue weighted by Gasteiger charge is 2.38. The maximum Gasteiger partial charge on any atom is 0.107 e. The van der Waals surface area contributed by atoms with Crippen LogP contribution in [0.25, 0.3) is 0 Å². The Morgan fingerprint density at radius 2 is 1.00 bits per heavy atom. The van der Waals surface area contributed by atoms with Gasteiger partial charge >= 0.3 is 0 Å². The predicted molar refractivity (Wildman–Crippen MR) is 128 cm³/mol. The molecule has 0 saturated heterocycles. The van der Waals surface area contributed by atoms with E-state index in [-0.39, 0.29) is 5.41 Å². The average molecular weight is 401 g/mol. The van der Waals surface area contributed by atoms with E-state index in [9.17, 15) is 0 Å². The van der Waals surface area contributed by atoms with Crippen LogP contribution in [-0.4, -0.2) is 18.1 Å². The van der Waals surface area contributed by atoms with Crippen molar-refractivity contribution in [3.05, 3.63) is 108 Å². The van der Waals surface area contributed by atoms with Crippen LogP contribution in [0.3, 0.4) is 0 Å². The third-order valence-corrected chi connectivity index (χ3v) is 6.61. The summed E-state index contributed by atoms with van der Waals surface area (Å²) in [4.78, 5) is 0. The van der Waals surface area contributed by atoms with Gasteiger partial charge in [-0.3, -0.25) is 0 Å². The van der Waals surface area contributed by atoms with Gasteiger partial charge in [-0.1, -0.05) is 119 Å². The Kier molecular flexibility index (Phi) is 7.47. The Hall–Kier alpha value is -2.42. The fourth-order valence-electron chi connectivity index (χ4n) is 4.16. The molecule has 2 heteroatoms. The monoisotopic (exact) mass is 400 g/mol. The number of benzene rings is 3. The minimum absolute atomic E-state index is 0.277. The molecular formula is C28H36N2. The number of hydrazine groups is 1. The van der Waals surface area contributed by atoms with Crippen molar-refractivity contribution in [2.75, 3.05) is 13.1 Å². The lowest BCUT2D eigenvalue weighted by molar-refractivity contribution is 0.0796. The van der Waals surface area contributed by atoms with Gasteiger partial charge in [0.2, 0.25) is 0 Å². The molecule has 0 radical (unpaired) electrons. The highest BCUT2D eigenvalue weighted by molar-refractivity contribution is 5.49. The molecule has 30 heavy (non-hydrogen) atoms. The normalized spacial score (nSPS) is 12.3. The fraction of sp³-hybridized carbons (Fsp3) is 0.357. The van der Waals surface area contributed by atoms with E-state index in [1.807, 2.05) is 0 Å². The minimum atomic E-state index is -0.456. The van der Waals surface area contributed by atoms with E-state index < -0.39 is 5.54 Å². The average Bonchev–Trinajstić information content (AvgIpc) is 2.83. The molecule has 1 N–H and O–H groups in total. The molecule has 0 heterocycles. The molecule has 0 atom stereocenters. The third kappa shape index (κ3) is 4.66. The highest BCUT2D eigenvalue weighted by Crippen LogP contribution is 2.38. The molecule has 3 aromatic carbocycles. The summed E-state index contributed by atoms with van der Waals surface area (Å²) in [6, 6.07) is 32.5. The van der Waals surface area contributed by atoms with Gasteiger partial charge in [-0.2, -0.15) is 0 Å². The SMILES string of the molecule is CCN(CC(C)(CC)CC)NC(c1ccccc1)(c1ccccc1)c1ccccc1. The van der Waals surface area contributed by atoms with E-state index in [0.29, 0.717) is 0 Å². The second-order valence-electron chi connectivity index (χ2n) is 8.49. The van der Waals surface area contributed by atoms with Crippen LogP contribution in [0.4, 0.5) is 0 Å². The van der Waals surface area contributed by atoms with E-state index in [1.165, 1.54) is 16.7 Å². The quantitative estimate of drug-likeness (QED) is 0.303. The summed E-state index contributed by atoms with van der Waals surface area (Å²) in [5.41, 5.74) is 7.58. The van der Waals surface area contributed by atoms with Crippen LogP contribution in [0.2, 0.25) is 0 Å². The lowest BCUT2D eigenvalue weighted by Crippen LogP contribution is -2.56. The molecule has 158 valence electrons. The first-order chi connectivity index (χ1) is 14.6. The van der Waals surface area contributed by atoms with Crippen molar-refractivity contribution in [1.82, 2.24) is 10.4 Å². The molecule has 0 unspecified atom stereocenters. The first-order valence-corrected chi connectivity index (χ1v) is 11.3. The Morgan fingerprint density at radius 1 is 0.633 bits per heavy atom. The zero-order valence-corrected chi connectivity index (χ0v) is 18.9. The van der Waals surface area contributed by atoms with Crippen LogP contribution >= 0.6 is 0 Å². The van der Waals surface area contributed by atoms with Crippen LogP contribution in [0.15, 0.2) is 91.0 Å². The van der Waals surface area contributed by atoms with Crippen LogP contribution in [0, 0.1) is 5.41 Å². The topological polar surface area (TPSA) is 15.3 Å². The number of nitrogens with zero attached hydrogens (tertiary/aromatic N) is 1. The number of nitrogens with one attached hydrogen (secondary N) is 1. The van der Waals surface area contributed by atoms with E-state index in [4.69, 9.17) is 0 Å². The van der Waals surface area contributed by atoms with Gasteiger partial charge in [-0.05, 0) is 34.9 Å². The summed E-state index contributed by atoms with van der Waals surface area (Å²) in [5.74, 6) is 0. The molecule has 0 aliphatic rings. The van der Waals surface area contributed by atoms with Gasteiger partial charge in [0.1, 0.15) is 5.54 Å². The zero-order valence-electron chi connectivity index (χ0n) is 18.9. The van der Waals surface area contributed by atoms with Crippen LogP contribution in [0.5, 0.6) is 0 Å². The Morgan fingerprint density at radius 3 is 1.30 bits per heavy atom. The summed E-state index contributed by atoms with van der Waals surface area (Å²) in [6.07, 6.45) is 2.33. The van der Waals surface area contributed by atoms with Crippen molar-refractivity contribution in [3.8, 4) is 0 Å².